The average Bonchev–Trinajstić information content (AvgIpc) is 3.11. The zero-order chi connectivity index (χ0) is 14.3. The zero-order valence-electron chi connectivity index (χ0n) is 11.8. The Labute approximate surface area is 122 Å². The lowest BCUT2D eigenvalue weighted by molar-refractivity contribution is -0.122. The number of carbonyl (C=O) groups is 2. The molecular weight excluding hydrogens is 274 g/mol. The molecule has 1 aliphatic heterocycles. The quantitative estimate of drug-likeness (QED) is 0.864. The van der Waals surface area contributed by atoms with Gasteiger partial charge >= 0.3 is 0 Å². The Morgan fingerprint density at radius 2 is 2.05 bits per heavy atom. The number of hydrogen-bond acceptors (Lipinski definition) is 5. The van der Waals surface area contributed by atoms with Crippen LogP contribution in [0.5, 0.6) is 0 Å². The van der Waals surface area contributed by atoms with E-state index < -0.39 is 0 Å². The molecule has 2 aliphatic rings. The molecule has 1 aromatic heterocycles. The van der Waals surface area contributed by atoms with Crippen LogP contribution in [0.2, 0.25) is 0 Å². The number of aromatic nitrogens is 1. The summed E-state index contributed by atoms with van der Waals surface area (Å²) in [5.41, 5.74) is 0.893. The third kappa shape index (κ3) is 2.07. The second-order valence-corrected chi connectivity index (χ2v) is 6.33. The minimum atomic E-state index is -0.0963. The molecule has 1 aromatic rings. The maximum absolute atomic E-state index is 12.4. The van der Waals surface area contributed by atoms with Crippen molar-refractivity contribution >= 4 is 28.3 Å². The summed E-state index contributed by atoms with van der Waals surface area (Å²) >= 11 is 1.38. The Kier molecular flexibility index (Phi) is 3.60. The minimum Gasteiger partial charge on any atom is -0.309 e. The SMILES string of the molecule is CCNC(C)c1csc(N2C(=O)C3CCCC3C2=O)n1. The molecule has 108 valence electrons. The molecule has 0 bridgehead atoms. The maximum Gasteiger partial charge on any atom is 0.239 e. The maximum atomic E-state index is 12.4. The summed E-state index contributed by atoms with van der Waals surface area (Å²) in [7, 11) is 0. The first-order valence-electron chi connectivity index (χ1n) is 7.20. The highest BCUT2D eigenvalue weighted by Crippen LogP contribution is 2.42. The normalized spacial score (nSPS) is 27.2. The Bertz CT molecular complexity index is 520. The Morgan fingerprint density at radius 1 is 1.40 bits per heavy atom. The van der Waals surface area contributed by atoms with Crippen molar-refractivity contribution in [3.05, 3.63) is 11.1 Å². The van der Waals surface area contributed by atoms with Crippen LogP contribution in [0.25, 0.3) is 0 Å². The van der Waals surface area contributed by atoms with Crippen LogP contribution < -0.4 is 10.2 Å². The summed E-state index contributed by atoms with van der Waals surface area (Å²) in [5, 5.41) is 5.75. The van der Waals surface area contributed by atoms with Gasteiger partial charge in [-0.05, 0) is 26.3 Å². The Hall–Kier alpha value is -1.27. The highest BCUT2D eigenvalue weighted by atomic mass is 32.1. The van der Waals surface area contributed by atoms with Gasteiger partial charge in [-0.25, -0.2) is 9.88 Å². The van der Waals surface area contributed by atoms with Crippen LogP contribution in [0.3, 0.4) is 0 Å². The monoisotopic (exact) mass is 293 g/mol. The average molecular weight is 293 g/mol. The van der Waals surface area contributed by atoms with Gasteiger partial charge in [0.05, 0.1) is 17.5 Å². The summed E-state index contributed by atoms with van der Waals surface area (Å²) in [6.07, 6.45) is 2.68. The summed E-state index contributed by atoms with van der Waals surface area (Å²) in [6.45, 7) is 4.93. The number of carbonyl (C=O) groups excluding carboxylic acids is 2. The van der Waals surface area contributed by atoms with Crippen molar-refractivity contribution in [2.75, 3.05) is 11.4 Å². The summed E-state index contributed by atoms with van der Waals surface area (Å²) in [5.74, 6) is -0.286. The molecule has 3 rings (SSSR count). The van der Waals surface area contributed by atoms with Gasteiger partial charge in [-0.1, -0.05) is 13.3 Å². The first kappa shape index (κ1) is 13.7. The van der Waals surface area contributed by atoms with E-state index in [0.29, 0.717) is 5.13 Å². The second kappa shape index (κ2) is 5.26. The van der Waals surface area contributed by atoms with E-state index in [1.807, 2.05) is 19.2 Å². The Morgan fingerprint density at radius 3 is 2.65 bits per heavy atom. The van der Waals surface area contributed by atoms with E-state index in [1.54, 1.807) is 0 Å². The van der Waals surface area contributed by atoms with Gasteiger partial charge in [-0.15, -0.1) is 11.3 Å². The van der Waals surface area contributed by atoms with E-state index in [2.05, 4.69) is 10.3 Å². The summed E-state index contributed by atoms with van der Waals surface area (Å²) in [4.78, 5) is 30.5. The van der Waals surface area contributed by atoms with Crippen molar-refractivity contribution in [3.8, 4) is 0 Å². The molecule has 2 heterocycles. The van der Waals surface area contributed by atoms with Crippen molar-refractivity contribution in [3.63, 3.8) is 0 Å². The molecule has 6 heteroatoms. The summed E-state index contributed by atoms with van der Waals surface area (Å²) in [6, 6.07) is 0.136. The van der Waals surface area contributed by atoms with Gasteiger partial charge in [0.15, 0.2) is 5.13 Å². The van der Waals surface area contributed by atoms with Crippen molar-refractivity contribution in [2.24, 2.45) is 11.8 Å². The van der Waals surface area contributed by atoms with Gasteiger partial charge in [0.2, 0.25) is 11.8 Å². The van der Waals surface area contributed by atoms with Gasteiger partial charge in [0.25, 0.3) is 0 Å². The van der Waals surface area contributed by atoms with Crippen LogP contribution in [-0.4, -0.2) is 23.3 Å². The highest BCUT2D eigenvalue weighted by Gasteiger charge is 2.51. The first-order chi connectivity index (χ1) is 9.63. The fourth-order valence-corrected chi connectivity index (χ4v) is 4.10. The van der Waals surface area contributed by atoms with Gasteiger partial charge in [0, 0.05) is 11.4 Å². The molecular formula is C14H19N3O2S. The molecule has 1 saturated heterocycles. The van der Waals surface area contributed by atoms with E-state index in [-0.39, 0.29) is 29.7 Å². The third-order valence-electron chi connectivity index (χ3n) is 4.25. The van der Waals surface area contributed by atoms with Gasteiger partial charge in [0.1, 0.15) is 0 Å². The molecule has 0 spiro atoms. The van der Waals surface area contributed by atoms with E-state index >= 15 is 0 Å². The number of hydrogen-bond donors (Lipinski definition) is 1. The molecule has 1 saturated carbocycles. The fraction of sp³-hybridized carbons (Fsp3) is 0.643. The zero-order valence-corrected chi connectivity index (χ0v) is 12.6. The number of nitrogens with zero attached hydrogens (tertiary/aromatic N) is 2. The first-order valence-corrected chi connectivity index (χ1v) is 8.08. The summed E-state index contributed by atoms with van der Waals surface area (Å²) < 4.78 is 0. The van der Waals surface area contributed by atoms with Crippen molar-refractivity contribution < 1.29 is 9.59 Å². The topological polar surface area (TPSA) is 62.3 Å². The number of amides is 2. The molecule has 2 amide bonds. The molecule has 5 nitrogen and oxygen atoms in total. The van der Waals surface area contributed by atoms with Crippen molar-refractivity contribution in [2.45, 2.75) is 39.2 Å². The van der Waals surface area contributed by atoms with Gasteiger partial charge in [-0.2, -0.15) is 0 Å². The second-order valence-electron chi connectivity index (χ2n) is 5.49. The molecule has 1 N–H and O–H groups in total. The molecule has 0 radical (unpaired) electrons. The van der Waals surface area contributed by atoms with E-state index in [1.165, 1.54) is 16.2 Å². The standard InChI is InChI=1S/C14H19N3O2S/c1-3-15-8(2)11-7-20-14(16-11)17-12(18)9-5-4-6-10(9)13(17)19/h7-10,15H,3-6H2,1-2H3. The highest BCUT2D eigenvalue weighted by molar-refractivity contribution is 7.14. The predicted molar refractivity (Wildman–Crippen MR) is 77.5 cm³/mol. The lowest BCUT2D eigenvalue weighted by atomic mass is 10.00. The van der Waals surface area contributed by atoms with Crippen molar-refractivity contribution in [1.29, 1.82) is 0 Å². The number of fused-ring (bicyclic) bond motifs is 1. The largest absolute Gasteiger partial charge is 0.309 e. The number of imide groups is 1. The number of anilines is 1. The molecule has 0 aromatic carbocycles. The van der Waals surface area contributed by atoms with Crippen LogP contribution in [0.1, 0.15) is 44.8 Å². The molecule has 3 unspecified atom stereocenters. The van der Waals surface area contributed by atoms with E-state index in [9.17, 15) is 9.59 Å². The smallest absolute Gasteiger partial charge is 0.239 e. The third-order valence-corrected chi connectivity index (χ3v) is 5.09. The fourth-order valence-electron chi connectivity index (χ4n) is 3.17. The van der Waals surface area contributed by atoms with E-state index in [0.717, 1.165) is 31.5 Å². The van der Waals surface area contributed by atoms with Gasteiger partial charge < -0.3 is 5.32 Å². The van der Waals surface area contributed by atoms with Gasteiger partial charge in [-0.3, -0.25) is 9.59 Å². The minimum absolute atomic E-state index is 0.0468. The van der Waals surface area contributed by atoms with Crippen LogP contribution in [-0.2, 0) is 9.59 Å². The van der Waals surface area contributed by atoms with Crippen LogP contribution in [0.15, 0.2) is 5.38 Å². The lowest BCUT2D eigenvalue weighted by Gasteiger charge is -2.12. The van der Waals surface area contributed by atoms with Crippen LogP contribution in [0, 0.1) is 11.8 Å². The van der Waals surface area contributed by atoms with Crippen LogP contribution in [0.4, 0.5) is 5.13 Å². The molecule has 3 atom stereocenters. The number of thiazole rings is 1. The van der Waals surface area contributed by atoms with Crippen molar-refractivity contribution in [1.82, 2.24) is 10.3 Å². The van der Waals surface area contributed by atoms with Crippen LogP contribution >= 0.6 is 11.3 Å². The predicted octanol–water partition coefficient (Wildman–Crippen LogP) is 2.10. The molecule has 20 heavy (non-hydrogen) atoms. The Balaban J connectivity index is 1.83. The lowest BCUT2D eigenvalue weighted by Crippen LogP contribution is -2.31. The molecule has 2 fully saturated rings. The number of nitrogens with one attached hydrogen (secondary N) is 1. The molecule has 1 aliphatic carbocycles. The van der Waals surface area contributed by atoms with E-state index in [4.69, 9.17) is 0 Å². The number of rotatable bonds is 4.